The number of nitrogens with zero attached hydrogens (tertiary/aromatic N) is 3. The maximum absolute atomic E-state index is 12.2. The third kappa shape index (κ3) is 4.15. The van der Waals surface area contributed by atoms with E-state index in [4.69, 9.17) is 5.14 Å². The molecule has 10 heteroatoms. The first-order chi connectivity index (χ1) is 10.9. The van der Waals surface area contributed by atoms with Crippen LogP contribution in [0, 0.1) is 5.92 Å². The van der Waals surface area contributed by atoms with Gasteiger partial charge in [0.25, 0.3) is 0 Å². The van der Waals surface area contributed by atoms with E-state index in [0.717, 1.165) is 28.3 Å². The van der Waals surface area contributed by atoms with E-state index < -0.39 is 10.0 Å². The van der Waals surface area contributed by atoms with E-state index >= 15 is 0 Å². The first-order valence-corrected chi connectivity index (χ1v) is 9.60. The lowest BCUT2D eigenvalue weighted by atomic mass is 10.2. The van der Waals surface area contributed by atoms with Crippen molar-refractivity contribution >= 4 is 38.8 Å². The molecule has 3 N–H and O–H groups in total. The molecule has 1 aromatic heterocycles. The van der Waals surface area contributed by atoms with E-state index in [2.05, 4.69) is 14.1 Å². The molecule has 1 aliphatic heterocycles. The van der Waals surface area contributed by atoms with Gasteiger partial charge in [-0.25, -0.2) is 18.4 Å². The number of carbonyl (C=O) groups is 1. The summed E-state index contributed by atoms with van der Waals surface area (Å²) in [7, 11) is -3.50. The minimum atomic E-state index is -3.50. The van der Waals surface area contributed by atoms with Gasteiger partial charge < -0.3 is 10.2 Å². The number of likely N-dealkylation sites (tertiary alicyclic amines) is 1. The second-order valence-electron chi connectivity index (χ2n) is 5.68. The maximum atomic E-state index is 12.2. The van der Waals surface area contributed by atoms with Crippen LogP contribution in [0.2, 0.25) is 0 Å². The Morgan fingerprint density at radius 3 is 2.96 bits per heavy atom. The van der Waals surface area contributed by atoms with Gasteiger partial charge in [0.1, 0.15) is 11.0 Å². The zero-order chi connectivity index (χ0) is 16.4. The Hall–Kier alpha value is -1.78. The first-order valence-electron chi connectivity index (χ1n) is 7.15. The van der Waals surface area contributed by atoms with Gasteiger partial charge in [-0.15, -0.1) is 0 Å². The molecule has 1 aliphatic rings. The number of nitrogens with two attached hydrogens (primary N) is 1. The van der Waals surface area contributed by atoms with Crippen molar-refractivity contribution in [2.24, 2.45) is 11.1 Å². The molecule has 1 fully saturated rings. The number of benzene rings is 1. The van der Waals surface area contributed by atoms with Crippen molar-refractivity contribution in [3.63, 3.8) is 0 Å². The molecule has 0 spiro atoms. The summed E-state index contributed by atoms with van der Waals surface area (Å²) in [6.45, 7) is 1.35. The molecule has 0 aliphatic carbocycles. The number of hydrogen-bond donors (Lipinski definition) is 2. The molecule has 0 radical (unpaired) electrons. The molecular formula is C13H17N5O3S2. The molecular weight excluding hydrogens is 338 g/mol. The summed E-state index contributed by atoms with van der Waals surface area (Å²) in [6.07, 6.45) is 0.653. The lowest BCUT2D eigenvalue weighted by Crippen LogP contribution is -2.38. The predicted molar refractivity (Wildman–Crippen MR) is 87.3 cm³/mol. The molecule has 0 bridgehead atoms. The fourth-order valence-corrected chi connectivity index (χ4v) is 4.16. The van der Waals surface area contributed by atoms with Crippen molar-refractivity contribution in [1.29, 1.82) is 0 Å². The molecule has 2 aromatic rings. The molecule has 1 saturated heterocycles. The van der Waals surface area contributed by atoms with Crippen molar-refractivity contribution in [1.82, 2.24) is 19.0 Å². The van der Waals surface area contributed by atoms with Crippen LogP contribution in [0.4, 0.5) is 4.79 Å². The zero-order valence-corrected chi connectivity index (χ0v) is 13.9. The van der Waals surface area contributed by atoms with Crippen molar-refractivity contribution in [3.8, 4) is 0 Å². The highest BCUT2D eigenvalue weighted by molar-refractivity contribution is 7.89. The molecule has 1 unspecified atom stereocenters. The lowest BCUT2D eigenvalue weighted by Gasteiger charge is -2.17. The Labute approximate surface area is 138 Å². The van der Waals surface area contributed by atoms with E-state index in [1.165, 1.54) is 0 Å². The lowest BCUT2D eigenvalue weighted by molar-refractivity contribution is 0.207. The average molecular weight is 355 g/mol. The summed E-state index contributed by atoms with van der Waals surface area (Å²) < 4.78 is 30.5. The highest BCUT2D eigenvalue weighted by Crippen LogP contribution is 2.18. The van der Waals surface area contributed by atoms with Gasteiger partial charge in [-0.05, 0) is 30.0 Å². The van der Waals surface area contributed by atoms with Gasteiger partial charge in [0.15, 0.2) is 0 Å². The second kappa shape index (κ2) is 6.38. The van der Waals surface area contributed by atoms with Crippen LogP contribution in [-0.2, 0) is 16.6 Å². The molecule has 23 heavy (non-hydrogen) atoms. The van der Waals surface area contributed by atoms with E-state index in [-0.39, 0.29) is 17.7 Å². The molecule has 1 atom stereocenters. The fourth-order valence-electron chi connectivity index (χ4n) is 2.71. The Bertz CT molecular complexity index is 820. The van der Waals surface area contributed by atoms with Gasteiger partial charge in [-0.2, -0.15) is 8.75 Å². The second-order valence-corrected chi connectivity index (χ2v) is 7.86. The number of urea groups is 1. The van der Waals surface area contributed by atoms with Crippen LogP contribution in [0.5, 0.6) is 0 Å². The Morgan fingerprint density at radius 2 is 2.17 bits per heavy atom. The highest BCUT2D eigenvalue weighted by atomic mass is 32.2. The number of nitrogens with one attached hydrogen (secondary N) is 1. The summed E-state index contributed by atoms with van der Waals surface area (Å²) >= 11 is 1.16. The molecule has 3 rings (SSSR count). The van der Waals surface area contributed by atoms with Gasteiger partial charge in [-0.3, -0.25) is 0 Å². The van der Waals surface area contributed by atoms with Crippen LogP contribution in [0.25, 0.3) is 11.0 Å². The fraction of sp³-hybridized carbons (Fsp3) is 0.462. The molecule has 8 nitrogen and oxygen atoms in total. The first kappa shape index (κ1) is 16.1. The number of carbonyl (C=O) groups excluding carboxylic acids is 1. The van der Waals surface area contributed by atoms with Crippen molar-refractivity contribution < 1.29 is 13.2 Å². The van der Waals surface area contributed by atoms with E-state index in [9.17, 15) is 13.2 Å². The monoisotopic (exact) mass is 355 g/mol. The van der Waals surface area contributed by atoms with E-state index in [1.807, 2.05) is 18.2 Å². The zero-order valence-electron chi connectivity index (χ0n) is 12.3. The molecule has 2 amide bonds. The van der Waals surface area contributed by atoms with E-state index in [1.54, 1.807) is 4.90 Å². The molecule has 0 saturated carbocycles. The van der Waals surface area contributed by atoms with Crippen LogP contribution in [-0.4, -0.2) is 46.9 Å². The van der Waals surface area contributed by atoms with Gasteiger partial charge in [0, 0.05) is 19.6 Å². The van der Waals surface area contributed by atoms with Crippen molar-refractivity contribution in [3.05, 3.63) is 23.8 Å². The third-order valence-electron chi connectivity index (χ3n) is 3.80. The summed E-state index contributed by atoms with van der Waals surface area (Å²) in [6, 6.07) is 5.47. The number of aromatic nitrogens is 2. The Kier molecular flexibility index (Phi) is 4.46. The minimum Gasteiger partial charge on any atom is -0.334 e. The summed E-state index contributed by atoms with van der Waals surface area (Å²) in [4.78, 5) is 13.8. The molecule has 1 aromatic carbocycles. The normalized spacial score (nSPS) is 18.5. The summed E-state index contributed by atoms with van der Waals surface area (Å²) in [5.41, 5.74) is 2.60. The average Bonchev–Trinajstić information content (AvgIpc) is 3.11. The van der Waals surface area contributed by atoms with Crippen LogP contribution in [0.3, 0.4) is 0 Å². The quantitative estimate of drug-likeness (QED) is 0.828. The van der Waals surface area contributed by atoms with Crippen LogP contribution in [0.15, 0.2) is 18.2 Å². The largest absolute Gasteiger partial charge is 0.334 e. The summed E-state index contributed by atoms with van der Waals surface area (Å²) in [5, 5.41) is 7.89. The van der Waals surface area contributed by atoms with Crippen LogP contribution >= 0.6 is 11.7 Å². The maximum Gasteiger partial charge on any atom is 0.317 e. The Morgan fingerprint density at radius 1 is 1.39 bits per heavy atom. The number of amides is 2. The minimum absolute atomic E-state index is 0.0791. The predicted octanol–water partition coefficient (Wildman–Crippen LogP) is 0.511. The molecule has 2 heterocycles. The van der Waals surface area contributed by atoms with Crippen molar-refractivity contribution in [2.45, 2.75) is 13.0 Å². The smallest absolute Gasteiger partial charge is 0.317 e. The van der Waals surface area contributed by atoms with Crippen molar-refractivity contribution in [2.75, 3.05) is 18.8 Å². The molecule has 124 valence electrons. The van der Waals surface area contributed by atoms with Gasteiger partial charge in [0.05, 0.1) is 17.5 Å². The third-order valence-corrected chi connectivity index (χ3v) is 5.30. The van der Waals surface area contributed by atoms with Crippen LogP contribution in [0.1, 0.15) is 12.0 Å². The number of fused-ring (bicyclic) bond motifs is 1. The highest BCUT2D eigenvalue weighted by Gasteiger charge is 2.28. The van der Waals surface area contributed by atoms with Gasteiger partial charge >= 0.3 is 6.03 Å². The SMILES string of the molecule is NS(=O)(=O)CC1CCN(C(=O)NCc2ccc3nsnc3c2)C1. The van der Waals surface area contributed by atoms with Gasteiger partial charge in [-0.1, -0.05) is 6.07 Å². The number of primary sulfonamides is 1. The van der Waals surface area contributed by atoms with E-state index in [0.29, 0.717) is 26.1 Å². The van der Waals surface area contributed by atoms with Crippen LogP contribution < -0.4 is 10.5 Å². The standard InChI is InChI=1S/C13H17N5O3S2/c14-23(20,21)8-10-3-4-18(7-10)13(19)15-6-9-1-2-11-12(5-9)17-22-16-11/h1-2,5,10H,3-4,6-8H2,(H,15,19)(H2,14,20,21). The number of hydrogen-bond acceptors (Lipinski definition) is 6. The Balaban J connectivity index is 1.53. The number of rotatable bonds is 4. The van der Waals surface area contributed by atoms with Gasteiger partial charge in [0.2, 0.25) is 10.0 Å². The summed E-state index contributed by atoms with van der Waals surface area (Å²) in [5.74, 6) is -0.169. The number of sulfonamides is 1. The topological polar surface area (TPSA) is 118 Å².